The van der Waals surface area contributed by atoms with Crippen molar-refractivity contribution in [3.8, 4) is 0 Å². The molecule has 17 heavy (non-hydrogen) atoms. The predicted octanol–water partition coefficient (Wildman–Crippen LogP) is 0.851. The van der Waals surface area contributed by atoms with Crippen LogP contribution in [0, 0.1) is 5.92 Å². The molecule has 2 heterocycles. The minimum Gasteiger partial charge on any atom is -0.381 e. The maximum absolute atomic E-state index is 6.05. The van der Waals surface area contributed by atoms with Gasteiger partial charge in [0.1, 0.15) is 0 Å². The van der Waals surface area contributed by atoms with Crippen molar-refractivity contribution in [2.75, 3.05) is 40.0 Å². The molecule has 0 aromatic carbocycles. The van der Waals surface area contributed by atoms with Crippen molar-refractivity contribution in [2.45, 2.75) is 37.8 Å². The van der Waals surface area contributed by atoms with Gasteiger partial charge in [0, 0.05) is 39.0 Å². The summed E-state index contributed by atoms with van der Waals surface area (Å²) in [6.45, 7) is 6.89. The first-order chi connectivity index (χ1) is 8.22. The number of likely N-dealkylation sites (tertiary alicyclic amines) is 1. The van der Waals surface area contributed by atoms with Gasteiger partial charge >= 0.3 is 0 Å². The Hall–Kier alpha value is -0.160. The molecule has 2 fully saturated rings. The maximum atomic E-state index is 6.05. The summed E-state index contributed by atoms with van der Waals surface area (Å²) in [7, 11) is 1.82. The lowest BCUT2D eigenvalue weighted by Gasteiger charge is -2.50. The number of methoxy groups -OCH3 is 1. The van der Waals surface area contributed by atoms with Gasteiger partial charge in [0.15, 0.2) is 0 Å². The molecule has 4 heteroatoms. The molecule has 100 valence electrons. The van der Waals surface area contributed by atoms with E-state index in [2.05, 4.69) is 11.8 Å². The highest BCUT2D eigenvalue weighted by Crippen LogP contribution is 2.32. The zero-order chi connectivity index (χ0) is 12.3. The molecule has 2 rings (SSSR count). The van der Waals surface area contributed by atoms with Crippen molar-refractivity contribution in [2.24, 2.45) is 11.7 Å². The van der Waals surface area contributed by atoms with Crippen LogP contribution in [-0.4, -0.2) is 56.5 Å². The molecule has 0 aromatic rings. The van der Waals surface area contributed by atoms with Gasteiger partial charge in [-0.1, -0.05) is 6.92 Å². The summed E-state index contributed by atoms with van der Waals surface area (Å²) < 4.78 is 11.1. The van der Waals surface area contributed by atoms with Crippen LogP contribution in [0.15, 0.2) is 0 Å². The first-order valence-corrected chi connectivity index (χ1v) is 6.77. The molecule has 2 saturated heterocycles. The van der Waals surface area contributed by atoms with E-state index in [9.17, 15) is 0 Å². The standard InChI is InChI=1S/C13H26N2O2/c1-11-3-6-15(9-12(11)16-2)13(10-14)4-7-17-8-5-13/h11-12H,3-10,14H2,1-2H3. The second-order valence-corrected chi connectivity index (χ2v) is 5.53. The van der Waals surface area contributed by atoms with E-state index < -0.39 is 0 Å². The third-order valence-corrected chi connectivity index (χ3v) is 4.67. The molecule has 2 unspecified atom stereocenters. The quantitative estimate of drug-likeness (QED) is 0.797. The minimum atomic E-state index is 0.162. The average Bonchev–Trinajstić information content (AvgIpc) is 2.40. The summed E-state index contributed by atoms with van der Waals surface area (Å²) >= 11 is 0. The van der Waals surface area contributed by atoms with Gasteiger partial charge in [-0.05, 0) is 31.7 Å². The molecule has 4 nitrogen and oxygen atoms in total. The van der Waals surface area contributed by atoms with Crippen molar-refractivity contribution in [1.29, 1.82) is 0 Å². The summed E-state index contributed by atoms with van der Waals surface area (Å²) in [5.74, 6) is 0.658. The molecule has 2 aliphatic heterocycles. The minimum absolute atomic E-state index is 0.162. The van der Waals surface area contributed by atoms with Crippen LogP contribution in [0.3, 0.4) is 0 Å². The molecule has 0 aliphatic carbocycles. The first-order valence-electron chi connectivity index (χ1n) is 6.77. The van der Waals surface area contributed by atoms with Crippen molar-refractivity contribution in [3.05, 3.63) is 0 Å². The van der Waals surface area contributed by atoms with Crippen molar-refractivity contribution in [3.63, 3.8) is 0 Å². The van der Waals surface area contributed by atoms with Gasteiger partial charge in [-0.25, -0.2) is 0 Å². The molecule has 0 saturated carbocycles. The predicted molar refractivity (Wildman–Crippen MR) is 68.0 cm³/mol. The topological polar surface area (TPSA) is 47.7 Å². The zero-order valence-corrected chi connectivity index (χ0v) is 11.2. The molecule has 0 radical (unpaired) electrons. The van der Waals surface area contributed by atoms with Crippen LogP contribution in [0.4, 0.5) is 0 Å². The Morgan fingerprint density at radius 3 is 2.71 bits per heavy atom. The van der Waals surface area contributed by atoms with Gasteiger partial charge in [-0.2, -0.15) is 0 Å². The number of nitrogens with zero attached hydrogens (tertiary/aromatic N) is 1. The maximum Gasteiger partial charge on any atom is 0.0724 e. The molecular formula is C13H26N2O2. The summed E-state index contributed by atoms with van der Waals surface area (Å²) in [6, 6.07) is 0. The second kappa shape index (κ2) is 5.65. The Kier molecular flexibility index (Phi) is 4.42. The lowest BCUT2D eigenvalue weighted by atomic mass is 9.84. The van der Waals surface area contributed by atoms with Crippen LogP contribution < -0.4 is 5.73 Å². The number of nitrogens with two attached hydrogens (primary N) is 1. The van der Waals surface area contributed by atoms with Crippen molar-refractivity contribution < 1.29 is 9.47 Å². The van der Waals surface area contributed by atoms with Crippen molar-refractivity contribution in [1.82, 2.24) is 4.90 Å². The van der Waals surface area contributed by atoms with Gasteiger partial charge < -0.3 is 15.2 Å². The zero-order valence-electron chi connectivity index (χ0n) is 11.2. The lowest BCUT2D eigenvalue weighted by molar-refractivity contribution is -0.0791. The van der Waals surface area contributed by atoms with Gasteiger partial charge in [0.25, 0.3) is 0 Å². The fraction of sp³-hybridized carbons (Fsp3) is 1.00. The van der Waals surface area contributed by atoms with E-state index in [1.54, 1.807) is 0 Å². The fourth-order valence-electron chi connectivity index (χ4n) is 3.17. The highest BCUT2D eigenvalue weighted by atomic mass is 16.5. The molecule has 2 N–H and O–H groups in total. The van der Waals surface area contributed by atoms with Crippen molar-refractivity contribution >= 4 is 0 Å². The first kappa shape index (κ1) is 13.3. The molecule has 0 amide bonds. The Balaban J connectivity index is 2.04. The highest BCUT2D eigenvalue weighted by Gasteiger charge is 2.40. The SMILES string of the molecule is COC1CN(C2(CN)CCOCC2)CCC1C. The smallest absolute Gasteiger partial charge is 0.0724 e. The Labute approximate surface area is 104 Å². The van der Waals surface area contributed by atoms with Gasteiger partial charge in [0.2, 0.25) is 0 Å². The Morgan fingerprint density at radius 1 is 1.41 bits per heavy atom. The van der Waals surface area contributed by atoms with E-state index in [0.717, 1.165) is 45.7 Å². The van der Waals surface area contributed by atoms with Crippen LogP contribution in [0.2, 0.25) is 0 Å². The number of hydrogen-bond acceptors (Lipinski definition) is 4. The van der Waals surface area contributed by atoms with Crippen LogP contribution in [0.5, 0.6) is 0 Å². The molecule has 0 bridgehead atoms. The molecule has 2 aliphatic rings. The van der Waals surface area contributed by atoms with E-state index in [1.807, 2.05) is 7.11 Å². The van der Waals surface area contributed by atoms with Crippen LogP contribution in [-0.2, 0) is 9.47 Å². The van der Waals surface area contributed by atoms with E-state index in [-0.39, 0.29) is 5.54 Å². The molecule has 2 atom stereocenters. The summed E-state index contributed by atoms with van der Waals surface area (Å²) in [6.07, 6.45) is 3.69. The van der Waals surface area contributed by atoms with Crippen LogP contribution in [0.25, 0.3) is 0 Å². The number of hydrogen-bond donors (Lipinski definition) is 1. The third-order valence-electron chi connectivity index (χ3n) is 4.67. The largest absolute Gasteiger partial charge is 0.381 e. The normalized spacial score (nSPS) is 34.8. The van der Waals surface area contributed by atoms with E-state index in [4.69, 9.17) is 15.2 Å². The van der Waals surface area contributed by atoms with Crippen LogP contribution in [0.1, 0.15) is 26.2 Å². The third kappa shape index (κ3) is 2.65. The summed E-state index contributed by atoms with van der Waals surface area (Å²) in [5.41, 5.74) is 6.21. The van der Waals surface area contributed by atoms with E-state index >= 15 is 0 Å². The molecule has 0 spiro atoms. The monoisotopic (exact) mass is 242 g/mol. The number of ether oxygens (including phenoxy) is 2. The van der Waals surface area contributed by atoms with Gasteiger partial charge in [-0.3, -0.25) is 4.90 Å². The number of rotatable bonds is 3. The van der Waals surface area contributed by atoms with Gasteiger partial charge in [0.05, 0.1) is 6.10 Å². The van der Waals surface area contributed by atoms with E-state index in [0.29, 0.717) is 12.0 Å². The van der Waals surface area contributed by atoms with Gasteiger partial charge in [-0.15, -0.1) is 0 Å². The molecule has 0 aromatic heterocycles. The van der Waals surface area contributed by atoms with E-state index in [1.165, 1.54) is 6.42 Å². The summed E-state index contributed by atoms with van der Waals surface area (Å²) in [5, 5.41) is 0. The number of piperidine rings is 1. The summed E-state index contributed by atoms with van der Waals surface area (Å²) in [4.78, 5) is 2.56. The molecular weight excluding hydrogens is 216 g/mol. The average molecular weight is 242 g/mol. The lowest BCUT2D eigenvalue weighted by Crippen LogP contribution is -2.61. The Morgan fingerprint density at radius 2 is 2.12 bits per heavy atom. The second-order valence-electron chi connectivity index (χ2n) is 5.53. The fourth-order valence-corrected chi connectivity index (χ4v) is 3.17. The highest BCUT2D eigenvalue weighted by molar-refractivity contribution is 4.96. The Bertz CT molecular complexity index is 242. The van der Waals surface area contributed by atoms with Crippen LogP contribution >= 0.6 is 0 Å².